The first-order valence-corrected chi connectivity index (χ1v) is 5.97. The van der Waals surface area contributed by atoms with Crippen molar-refractivity contribution in [1.29, 1.82) is 0 Å². The van der Waals surface area contributed by atoms with E-state index in [1.165, 1.54) is 19.3 Å². The van der Waals surface area contributed by atoms with Gasteiger partial charge in [-0.3, -0.25) is 4.79 Å². The molecular formula is C9H17NO2S. The highest BCUT2D eigenvalue weighted by molar-refractivity contribution is 7.99. The normalized spacial score (nSPS) is 22.0. The molecule has 0 amide bonds. The second-order valence-electron chi connectivity index (χ2n) is 3.34. The molecule has 2 N–H and O–H groups in total. The van der Waals surface area contributed by atoms with Gasteiger partial charge in [0.05, 0.1) is 6.42 Å². The quantitative estimate of drug-likeness (QED) is 0.640. The molecular weight excluding hydrogens is 186 g/mol. The molecule has 0 aromatic rings. The Morgan fingerprint density at radius 3 is 3.00 bits per heavy atom. The monoisotopic (exact) mass is 203 g/mol. The molecule has 1 saturated heterocycles. The van der Waals surface area contributed by atoms with Crippen LogP contribution < -0.4 is 5.32 Å². The van der Waals surface area contributed by atoms with Gasteiger partial charge in [-0.2, -0.15) is 11.8 Å². The summed E-state index contributed by atoms with van der Waals surface area (Å²) in [5, 5.41) is 11.8. The minimum absolute atomic E-state index is 0.294. The lowest BCUT2D eigenvalue weighted by atomic mass is 10.2. The molecule has 4 heteroatoms. The summed E-state index contributed by atoms with van der Waals surface area (Å²) in [4.78, 5) is 10.2. The van der Waals surface area contributed by atoms with E-state index in [9.17, 15) is 4.79 Å². The first kappa shape index (κ1) is 10.9. The Morgan fingerprint density at radius 2 is 2.38 bits per heavy atom. The molecule has 0 aromatic heterocycles. The molecule has 1 heterocycles. The van der Waals surface area contributed by atoms with Crippen LogP contribution in [-0.4, -0.2) is 35.2 Å². The average Bonchev–Trinajstić information content (AvgIpc) is 2.55. The molecule has 1 aliphatic rings. The molecule has 0 saturated carbocycles. The van der Waals surface area contributed by atoms with Gasteiger partial charge >= 0.3 is 5.97 Å². The minimum atomic E-state index is -0.688. The fourth-order valence-corrected chi connectivity index (χ4v) is 2.46. The molecule has 0 bridgehead atoms. The molecule has 0 aliphatic carbocycles. The summed E-state index contributed by atoms with van der Waals surface area (Å²) in [5.74, 6) is 1.15. The van der Waals surface area contributed by atoms with Crippen LogP contribution in [0.25, 0.3) is 0 Å². The maximum atomic E-state index is 10.2. The van der Waals surface area contributed by atoms with Crippen LogP contribution in [0, 0.1) is 0 Å². The number of hydrogen-bond donors (Lipinski definition) is 2. The van der Waals surface area contributed by atoms with Crippen molar-refractivity contribution in [2.24, 2.45) is 0 Å². The Hall–Kier alpha value is -0.220. The maximum absolute atomic E-state index is 10.2. The van der Waals surface area contributed by atoms with Crippen LogP contribution >= 0.6 is 11.8 Å². The van der Waals surface area contributed by atoms with E-state index in [2.05, 4.69) is 5.32 Å². The number of nitrogens with one attached hydrogen (secondary N) is 1. The Balaban J connectivity index is 1.86. The third-order valence-corrected chi connectivity index (χ3v) is 3.25. The zero-order chi connectivity index (χ0) is 9.52. The number of thioether (sulfide) groups is 1. The molecule has 1 rings (SSSR count). The van der Waals surface area contributed by atoms with Gasteiger partial charge in [-0.05, 0) is 31.6 Å². The minimum Gasteiger partial charge on any atom is -0.481 e. The van der Waals surface area contributed by atoms with E-state index in [4.69, 9.17) is 5.11 Å². The summed E-state index contributed by atoms with van der Waals surface area (Å²) >= 11 is 1.75. The Labute approximate surface area is 83.3 Å². The summed E-state index contributed by atoms with van der Waals surface area (Å²) < 4.78 is 0. The average molecular weight is 203 g/mol. The van der Waals surface area contributed by atoms with E-state index in [1.807, 2.05) is 0 Å². The number of aliphatic carboxylic acids is 1. The van der Waals surface area contributed by atoms with Gasteiger partial charge in [-0.15, -0.1) is 0 Å². The van der Waals surface area contributed by atoms with Crippen LogP contribution in [0.4, 0.5) is 0 Å². The van der Waals surface area contributed by atoms with E-state index >= 15 is 0 Å². The van der Waals surface area contributed by atoms with Gasteiger partial charge in [0, 0.05) is 11.8 Å². The van der Waals surface area contributed by atoms with Crippen LogP contribution in [-0.2, 0) is 4.79 Å². The number of carboxylic acid groups (broad SMARTS) is 1. The van der Waals surface area contributed by atoms with Crippen molar-refractivity contribution in [2.75, 3.05) is 18.1 Å². The molecule has 1 aliphatic heterocycles. The van der Waals surface area contributed by atoms with Crippen molar-refractivity contribution in [2.45, 2.75) is 31.7 Å². The molecule has 0 spiro atoms. The van der Waals surface area contributed by atoms with Gasteiger partial charge in [0.1, 0.15) is 0 Å². The predicted molar refractivity (Wildman–Crippen MR) is 55.2 cm³/mol. The molecule has 0 radical (unpaired) electrons. The number of carboxylic acids is 1. The first-order valence-electron chi connectivity index (χ1n) is 4.82. The Morgan fingerprint density at radius 1 is 1.54 bits per heavy atom. The summed E-state index contributed by atoms with van der Waals surface area (Å²) in [6.07, 6.45) is 4.07. The highest BCUT2D eigenvalue weighted by Gasteiger charge is 2.12. The number of hydrogen-bond acceptors (Lipinski definition) is 3. The fourth-order valence-electron chi connectivity index (χ4n) is 1.49. The molecule has 13 heavy (non-hydrogen) atoms. The van der Waals surface area contributed by atoms with Crippen LogP contribution in [0.1, 0.15) is 25.7 Å². The zero-order valence-corrected chi connectivity index (χ0v) is 8.61. The van der Waals surface area contributed by atoms with Crippen LogP contribution in [0.3, 0.4) is 0 Å². The second-order valence-corrected chi connectivity index (χ2v) is 4.56. The Kier molecular flexibility index (Phi) is 5.23. The van der Waals surface area contributed by atoms with Crippen LogP contribution in [0.2, 0.25) is 0 Å². The molecule has 1 fully saturated rings. The van der Waals surface area contributed by atoms with Crippen molar-refractivity contribution in [1.82, 2.24) is 5.32 Å². The number of rotatable bonds is 6. The van der Waals surface area contributed by atoms with Gasteiger partial charge in [0.2, 0.25) is 0 Å². The van der Waals surface area contributed by atoms with Crippen molar-refractivity contribution in [3.8, 4) is 0 Å². The van der Waals surface area contributed by atoms with E-state index in [1.54, 1.807) is 11.8 Å². The summed E-state index contributed by atoms with van der Waals surface area (Å²) in [5.41, 5.74) is 0. The maximum Gasteiger partial charge on any atom is 0.304 e. The van der Waals surface area contributed by atoms with Gasteiger partial charge in [-0.1, -0.05) is 0 Å². The van der Waals surface area contributed by atoms with Crippen LogP contribution in [0.5, 0.6) is 0 Å². The summed E-state index contributed by atoms with van der Waals surface area (Å²) in [7, 11) is 0. The molecule has 1 atom stereocenters. The second kappa shape index (κ2) is 6.27. The third kappa shape index (κ3) is 5.16. The van der Waals surface area contributed by atoms with Crippen molar-refractivity contribution in [3.05, 3.63) is 0 Å². The van der Waals surface area contributed by atoms with E-state index in [0.29, 0.717) is 12.5 Å². The third-order valence-electron chi connectivity index (χ3n) is 2.23. The molecule has 3 nitrogen and oxygen atoms in total. The SMILES string of the molecule is O=C(O)CCSCC[C@H]1CCCN1. The smallest absolute Gasteiger partial charge is 0.304 e. The van der Waals surface area contributed by atoms with Gasteiger partial charge in [0.15, 0.2) is 0 Å². The highest BCUT2D eigenvalue weighted by Crippen LogP contribution is 2.13. The molecule has 0 aromatic carbocycles. The van der Waals surface area contributed by atoms with Crippen molar-refractivity contribution < 1.29 is 9.90 Å². The lowest BCUT2D eigenvalue weighted by Gasteiger charge is -2.08. The summed E-state index contributed by atoms with van der Waals surface area (Å²) in [6, 6.07) is 0.692. The van der Waals surface area contributed by atoms with Crippen molar-refractivity contribution >= 4 is 17.7 Å². The molecule has 76 valence electrons. The van der Waals surface area contributed by atoms with E-state index < -0.39 is 5.97 Å². The largest absolute Gasteiger partial charge is 0.481 e. The topological polar surface area (TPSA) is 49.3 Å². The summed E-state index contributed by atoms with van der Waals surface area (Å²) in [6.45, 7) is 1.16. The van der Waals surface area contributed by atoms with Crippen molar-refractivity contribution in [3.63, 3.8) is 0 Å². The first-order chi connectivity index (χ1) is 6.29. The predicted octanol–water partition coefficient (Wildman–Crippen LogP) is 1.34. The van der Waals surface area contributed by atoms with Gasteiger partial charge < -0.3 is 10.4 Å². The lowest BCUT2D eigenvalue weighted by molar-refractivity contribution is -0.136. The van der Waals surface area contributed by atoms with E-state index in [0.717, 1.165) is 18.1 Å². The zero-order valence-electron chi connectivity index (χ0n) is 7.79. The standard InChI is InChI=1S/C9H17NO2S/c11-9(12)4-7-13-6-3-8-2-1-5-10-8/h8,10H,1-7H2,(H,11,12)/t8-/m1/s1. The van der Waals surface area contributed by atoms with E-state index in [-0.39, 0.29) is 0 Å². The fraction of sp³-hybridized carbons (Fsp3) is 0.889. The Bertz CT molecular complexity index is 158. The van der Waals surface area contributed by atoms with Gasteiger partial charge in [0.25, 0.3) is 0 Å². The van der Waals surface area contributed by atoms with Crippen LogP contribution in [0.15, 0.2) is 0 Å². The molecule has 0 unspecified atom stereocenters. The number of carbonyl (C=O) groups is 1. The van der Waals surface area contributed by atoms with Gasteiger partial charge in [-0.25, -0.2) is 0 Å². The lowest BCUT2D eigenvalue weighted by Crippen LogP contribution is -2.21. The highest BCUT2D eigenvalue weighted by atomic mass is 32.2.